The molecule has 0 aromatic heterocycles. The summed E-state index contributed by atoms with van der Waals surface area (Å²) in [4.78, 5) is 0. The number of hydrogen-bond donors (Lipinski definition) is 0. The topological polar surface area (TPSA) is 0 Å². The van der Waals surface area contributed by atoms with Gasteiger partial charge in [-0.15, -0.1) is 0 Å². The van der Waals surface area contributed by atoms with Crippen LogP contribution >= 0.6 is 0 Å². The maximum absolute atomic E-state index is 3.88. The molecule has 2 rings (SSSR count). The molecule has 0 aliphatic heterocycles. The molecule has 1 saturated carbocycles. The van der Waals surface area contributed by atoms with Gasteiger partial charge in [0.2, 0.25) is 0 Å². The summed E-state index contributed by atoms with van der Waals surface area (Å²) >= 11 is 0. The molecule has 0 atom stereocenters. The van der Waals surface area contributed by atoms with Gasteiger partial charge in [0.15, 0.2) is 0 Å². The first-order valence-electron chi connectivity index (χ1n) is 4.96. The summed E-state index contributed by atoms with van der Waals surface area (Å²) in [5.41, 5.74) is 5.68. The third-order valence-electron chi connectivity index (χ3n) is 2.77. The zero-order valence-electron chi connectivity index (χ0n) is 8.43. The molecule has 0 heteroatoms. The Hall–Kier alpha value is -1.04. The summed E-state index contributed by atoms with van der Waals surface area (Å²) in [5, 5.41) is 0. The molecule has 68 valence electrons. The predicted octanol–water partition coefficient (Wildman–Crippen LogP) is 3.82. The van der Waals surface area contributed by atoms with Crippen molar-refractivity contribution in [1.29, 1.82) is 0 Å². The number of hydrogen-bond acceptors (Lipinski definition) is 0. The molecule has 13 heavy (non-hydrogen) atoms. The molecule has 0 heterocycles. The molecule has 0 saturated heterocycles. The van der Waals surface area contributed by atoms with Crippen LogP contribution in [0.15, 0.2) is 18.7 Å². The van der Waals surface area contributed by atoms with E-state index in [0.29, 0.717) is 0 Å². The normalized spacial score (nSPS) is 15.8. The van der Waals surface area contributed by atoms with Gasteiger partial charge >= 0.3 is 0 Å². The summed E-state index contributed by atoms with van der Waals surface area (Å²) in [6.07, 6.45) is 4.73. The van der Waals surface area contributed by atoms with Crippen molar-refractivity contribution in [2.45, 2.75) is 32.6 Å². The Labute approximate surface area is 80.3 Å². The van der Waals surface area contributed by atoms with Crippen LogP contribution in [0.5, 0.6) is 0 Å². The first-order valence-corrected chi connectivity index (χ1v) is 4.96. The number of rotatable bonds is 2. The SMILES string of the molecule is C=Cc1cc(C)cc(C)c1C1CC1. The Morgan fingerprint density at radius 3 is 2.54 bits per heavy atom. The van der Waals surface area contributed by atoms with Crippen LogP contribution in [0, 0.1) is 13.8 Å². The summed E-state index contributed by atoms with van der Waals surface area (Å²) < 4.78 is 0. The van der Waals surface area contributed by atoms with E-state index in [1.165, 1.54) is 29.5 Å². The van der Waals surface area contributed by atoms with E-state index in [9.17, 15) is 0 Å². The van der Waals surface area contributed by atoms with Gasteiger partial charge in [0.05, 0.1) is 0 Å². The van der Waals surface area contributed by atoms with Crippen LogP contribution in [0.2, 0.25) is 0 Å². The Bertz CT molecular complexity index is 343. The third kappa shape index (κ3) is 1.53. The zero-order chi connectivity index (χ0) is 9.42. The molecule has 0 nitrogen and oxygen atoms in total. The van der Waals surface area contributed by atoms with Crippen molar-refractivity contribution in [3.8, 4) is 0 Å². The van der Waals surface area contributed by atoms with Crippen molar-refractivity contribution < 1.29 is 0 Å². The molecule has 1 aromatic carbocycles. The predicted molar refractivity (Wildman–Crippen MR) is 58.0 cm³/mol. The van der Waals surface area contributed by atoms with Gasteiger partial charge in [-0.3, -0.25) is 0 Å². The molecule has 0 spiro atoms. The van der Waals surface area contributed by atoms with Crippen molar-refractivity contribution in [2.24, 2.45) is 0 Å². The lowest BCUT2D eigenvalue weighted by molar-refractivity contribution is 1.08. The highest BCUT2D eigenvalue weighted by Gasteiger charge is 2.26. The average Bonchev–Trinajstić information content (AvgIpc) is 2.86. The van der Waals surface area contributed by atoms with Crippen LogP contribution < -0.4 is 0 Å². The van der Waals surface area contributed by atoms with Crippen LogP contribution in [-0.4, -0.2) is 0 Å². The molecule has 1 aliphatic rings. The van der Waals surface area contributed by atoms with Crippen molar-refractivity contribution in [3.05, 3.63) is 41.0 Å². The lowest BCUT2D eigenvalue weighted by Crippen LogP contribution is -1.92. The highest BCUT2D eigenvalue weighted by atomic mass is 14.3. The summed E-state index contributed by atoms with van der Waals surface area (Å²) in [6.45, 7) is 8.25. The van der Waals surface area contributed by atoms with E-state index < -0.39 is 0 Å². The van der Waals surface area contributed by atoms with Crippen LogP contribution in [0.4, 0.5) is 0 Å². The second kappa shape index (κ2) is 3.02. The summed E-state index contributed by atoms with van der Waals surface area (Å²) in [6, 6.07) is 4.52. The van der Waals surface area contributed by atoms with Crippen LogP contribution in [0.1, 0.15) is 41.0 Å². The van der Waals surface area contributed by atoms with Crippen molar-refractivity contribution in [2.75, 3.05) is 0 Å². The van der Waals surface area contributed by atoms with Crippen LogP contribution in [0.3, 0.4) is 0 Å². The molecule has 0 amide bonds. The van der Waals surface area contributed by atoms with E-state index >= 15 is 0 Å². The molecule has 0 unspecified atom stereocenters. The highest BCUT2D eigenvalue weighted by molar-refractivity contribution is 5.58. The Morgan fingerprint density at radius 1 is 1.31 bits per heavy atom. The molecule has 0 N–H and O–H groups in total. The second-order valence-electron chi connectivity index (χ2n) is 4.06. The van der Waals surface area contributed by atoms with Crippen molar-refractivity contribution in [1.82, 2.24) is 0 Å². The largest absolute Gasteiger partial charge is 0.0985 e. The van der Waals surface area contributed by atoms with Crippen molar-refractivity contribution >= 4 is 6.08 Å². The van der Waals surface area contributed by atoms with Gasteiger partial charge in [-0.25, -0.2) is 0 Å². The maximum atomic E-state index is 3.88. The van der Waals surface area contributed by atoms with Gasteiger partial charge < -0.3 is 0 Å². The lowest BCUT2D eigenvalue weighted by Gasteiger charge is -2.10. The fourth-order valence-corrected chi connectivity index (χ4v) is 2.11. The first-order chi connectivity index (χ1) is 6.22. The Balaban J connectivity index is 2.56. The van der Waals surface area contributed by atoms with E-state index in [2.05, 4.69) is 32.6 Å². The van der Waals surface area contributed by atoms with Gasteiger partial charge in [0.25, 0.3) is 0 Å². The molecule has 0 radical (unpaired) electrons. The minimum atomic E-state index is 0.827. The number of aryl methyl sites for hydroxylation is 2. The Kier molecular flexibility index (Phi) is 1.99. The van der Waals surface area contributed by atoms with Crippen LogP contribution in [0.25, 0.3) is 6.08 Å². The molecule has 1 aromatic rings. The van der Waals surface area contributed by atoms with E-state index in [-0.39, 0.29) is 0 Å². The lowest BCUT2D eigenvalue weighted by atomic mass is 9.95. The first kappa shape index (κ1) is 8.55. The highest BCUT2D eigenvalue weighted by Crippen LogP contribution is 2.43. The minimum Gasteiger partial charge on any atom is -0.0985 e. The summed E-state index contributed by atoms with van der Waals surface area (Å²) in [7, 11) is 0. The zero-order valence-corrected chi connectivity index (χ0v) is 8.43. The van der Waals surface area contributed by atoms with E-state index in [1.54, 1.807) is 5.56 Å². The maximum Gasteiger partial charge on any atom is -0.0153 e. The quantitative estimate of drug-likeness (QED) is 0.636. The van der Waals surface area contributed by atoms with Crippen molar-refractivity contribution in [3.63, 3.8) is 0 Å². The molecule has 0 bridgehead atoms. The fourth-order valence-electron chi connectivity index (χ4n) is 2.11. The molecular weight excluding hydrogens is 156 g/mol. The average molecular weight is 172 g/mol. The van der Waals surface area contributed by atoms with Gasteiger partial charge in [0, 0.05) is 0 Å². The van der Waals surface area contributed by atoms with E-state index in [1.807, 2.05) is 6.08 Å². The van der Waals surface area contributed by atoms with Gasteiger partial charge in [-0.1, -0.05) is 30.4 Å². The van der Waals surface area contributed by atoms with Gasteiger partial charge in [0.1, 0.15) is 0 Å². The third-order valence-corrected chi connectivity index (χ3v) is 2.77. The second-order valence-corrected chi connectivity index (χ2v) is 4.06. The van der Waals surface area contributed by atoms with E-state index in [0.717, 1.165) is 5.92 Å². The van der Waals surface area contributed by atoms with E-state index in [4.69, 9.17) is 0 Å². The monoisotopic (exact) mass is 172 g/mol. The van der Waals surface area contributed by atoms with Gasteiger partial charge in [-0.2, -0.15) is 0 Å². The minimum absolute atomic E-state index is 0.827. The summed E-state index contributed by atoms with van der Waals surface area (Å²) in [5.74, 6) is 0.827. The molecule has 1 fully saturated rings. The molecule has 1 aliphatic carbocycles. The smallest absolute Gasteiger partial charge is 0.0153 e. The fraction of sp³-hybridized carbons (Fsp3) is 0.385. The van der Waals surface area contributed by atoms with Gasteiger partial charge in [-0.05, 0) is 49.3 Å². The molecular formula is C13H16. The Morgan fingerprint density at radius 2 is 2.00 bits per heavy atom. The standard InChI is InChI=1S/C13H16/c1-4-11-8-9(2)7-10(3)13(11)12-5-6-12/h4,7-8,12H,1,5-6H2,2-3H3. The van der Waals surface area contributed by atoms with Crippen LogP contribution in [-0.2, 0) is 0 Å². The number of benzene rings is 1.